The van der Waals surface area contributed by atoms with E-state index in [-0.39, 0.29) is 11.9 Å². The largest absolute Gasteiger partial charge is 0.338 e. The lowest BCUT2D eigenvalue weighted by molar-refractivity contribution is -0.127. The Labute approximate surface area is 170 Å². The van der Waals surface area contributed by atoms with E-state index in [1.165, 1.54) is 5.56 Å². The van der Waals surface area contributed by atoms with Crippen LogP contribution in [-0.2, 0) is 11.3 Å². The molecule has 29 heavy (non-hydrogen) atoms. The van der Waals surface area contributed by atoms with E-state index in [1.807, 2.05) is 52.2 Å². The molecule has 1 aliphatic rings. The third-order valence-electron chi connectivity index (χ3n) is 5.09. The number of rotatable bonds is 5. The van der Waals surface area contributed by atoms with Gasteiger partial charge in [0.05, 0.1) is 6.54 Å². The van der Waals surface area contributed by atoms with Crippen LogP contribution in [0.4, 0.5) is 0 Å². The average molecular weight is 387 g/mol. The zero-order valence-corrected chi connectivity index (χ0v) is 16.3. The molecule has 3 heterocycles. The van der Waals surface area contributed by atoms with Crippen molar-refractivity contribution in [1.82, 2.24) is 19.7 Å². The van der Waals surface area contributed by atoms with Crippen molar-refractivity contribution in [2.45, 2.75) is 25.4 Å². The molecule has 0 bridgehead atoms. The number of amides is 1. The number of nitrogens with zero attached hydrogens (tertiary/aromatic N) is 4. The maximum Gasteiger partial charge on any atom is 0.246 e. The van der Waals surface area contributed by atoms with E-state index >= 15 is 0 Å². The van der Waals surface area contributed by atoms with Gasteiger partial charge < -0.3 is 10.6 Å². The molecule has 1 fully saturated rings. The highest BCUT2D eigenvalue weighted by molar-refractivity contribution is 5.93. The van der Waals surface area contributed by atoms with E-state index in [0.717, 1.165) is 36.2 Å². The van der Waals surface area contributed by atoms with Gasteiger partial charge in [0.2, 0.25) is 5.91 Å². The fourth-order valence-electron chi connectivity index (χ4n) is 3.61. The van der Waals surface area contributed by atoms with E-state index in [0.29, 0.717) is 13.1 Å². The first-order valence-electron chi connectivity index (χ1n) is 9.93. The molecule has 2 N–H and O–H groups in total. The number of likely N-dealkylation sites (tertiary alicyclic amines) is 1. The second kappa shape index (κ2) is 8.84. The summed E-state index contributed by atoms with van der Waals surface area (Å²) in [6.45, 7) is 2.04. The molecule has 4 rings (SSSR count). The Bertz CT molecular complexity index is 981. The Hall–Kier alpha value is -3.25. The Kier molecular flexibility index (Phi) is 5.81. The van der Waals surface area contributed by atoms with Crippen LogP contribution in [0.2, 0.25) is 0 Å². The predicted molar refractivity (Wildman–Crippen MR) is 114 cm³/mol. The van der Waals surface area contributed by atoms with Gasteiger partial charge >= 0.3 is 0 Å². The van der Waals surface area contributed by atoms with Crippen molar-refractivity contribution in [3.63, 3.8) is 0 Å². The molecule has 1 unspecified atom stereocenters. The fourth-order valence-corrected chi connectivity index (χ4v) is 3.61. The molecule has 0 radical (unpaired) electrons. The summed E-state index contributed by atoms with van der Waals surface area (Å²) in [6.07, 6.45) is 10.9. The van der Waals surface area contributed by atoms with Crippen LogP contribution < -0.4 is 5.73 Å². The van der Waals surface area contributed by atoms with E-state index in [4.69, 9.17) is 10.8 Å². The summed E-state index contributed by atoms with van der Waals surface area (Å²) in [6, 6.07) is 14.1. The van der Waals surface area contributed by atoms with E-state index in [1.54, 1.807) is 18.5 Å². The first-order valence-corrected chi connectivity index (χ1v) is 9.93. The molecule has 148 valence electrons. The monoisotopic (exact) mass is 387 g/mol. The SMILES string of the molecule is NC1CCCN(C(=O)/C=C/c2cn(Cc3ccccc3)nc2-c2cccnc2)C1. The van der Waals surface area contributed by atoms with Crippen LogP contribution in [0, 0.1) is 0 Å². The van der Waals surface area contributed by atoms with Gasteiger partial charge in [-0.2, -0.15) is 5.10 Å². The molecule has 0 saturated carbocycles. The number of piperidine rings is 1. The molecule has 2 aromatic heterocycles. The molecule has 3 aromatic rings. The summed E-state index contributed by atoms with van der Waals surface area (Å²) in [7, 11) is 0. The van der Waals surface area contributed by atoms with Gasteiger partial charge in [-0.05, 0) is 36.6 Å². The lowest BCUT2D eigenvalue weighted by atomic mass is 10.1. The van der Waals surface area contributed by atoms with Crippen LogP contribution in [0.5, 0.6) is 0 Å². The quantitative estimate of drug-likeness (QED) is 0.683. The zero-order valence-electron chi connectivity index (χ0n) is 16.3. The van der Waals surface area contributed by atoms with E-state index in [2.05, 4.69) is 17.1 Å². The minimum Gasteiger partial charge on any atom is -0.338 e. The fraction of sp³-hybridized carbons (Fsp3) is 0.261. The summed E-state index contributed by atoms with van der Waals surface area (Å²) < 4.78 is 1.90. The molecule has 1 aromatic carbocycles. The standard InChI is InChI=1S/C23H25N5O/c24-21-9-5-13-27(17-21)22(29)11-10-20-16-28(15-18-6-2-1-3-7-18)26-23(20)19-8-4-12-25-14-19/h1-4,6-8,10-12,14,16,21H,5,9,13,15,17,24H2/b11-10+. The number of carbonyl (C=O) groups excluding carboxylic acids is 1. The Morgan fingerprint density at radius 2 is 2.07 bits per heavy atom. The second-order valence-corrected chi connectivity index (χ2v) is 7.38. The number of pyridine rings is 1. The smallest absolute Gasteiger partial charge is 0.246 e. The maximum absolute atomic E-state index is 12.6. The minimum atomic E-state index is -0.00639. The molecule has 1 aliphatic heterocycles. The highest BCUT2D eigenvalue weighted by atomic mass is 16.2. The predicted octanol–water partition coefficient (Wildman–Crippen LogP) is 2.96. The lowest BCUT2D eigenvalue weighted by Crippen LogP contribution is -2.45. The number of carbonyl (C=O) groups is 1. The third kappa shape index (κ3) is 4.78. The van der Waals surface area contributed by atoms with Crippen molar-refractivity contribution < 1.29 is 4.79 Å². The van der Waals surface area contributed by atoms with Crippen LogP contribution >= 0.6 is 0 Å². The third-order valence-corrected chi connectivity index (χ3v) is 5.09. The van der Waals surface area contributed by atoms with Gasteiger partial charge in [-0.25, -0.2) is 0 Å². The summed E-state index contributed by atoms with van der Waals surface area (Å²) in [5.41, 5.74) is 9.81. The lowest BCUT2D eigenvalue weighted by Gasteiger charge is -2.29. The van der Waals surface area contributed by atoms with Crippen LogP contribution in [0.3, 0.4) is 0 Å². The summed E-state index contributed by atoms with van der Waals surface area (Å²) in [4.78, 5) is 18.6. The van der Waals surface area contributed by atoms with Crippen LogP contribution in [0.1, 0.15) is 24.0 Å². The highest BCUT2D eigenvalue weighted by Gasteiger charge is 2.19. The zero-order chi connectivity index (χ0) is 20.1. The van der Waals surface area contributed by atoms with Crippen molar-refractivity contribution in [3.05, 3.63) is 78.3 Å². The number of aromatic nitrogens is 3. The van der Waals surface area contributed by atoms with Crippen molar-refractivity contribution >= 4 is 12.0 Å². The molecular formula is C23H25N5O. The van der Waals surface area contributed by atoms with Crippen LogP contribution in [-0.4, -0.2) is 44.7 Å². The Morgan fingerprint density at radius 1 is 1.21 bits per heavy atom. The molecule has 0 spiro atoms. The highest BCUT2D eigenvalue weighted by Crippen LogP contribution is 2.23. The van der Waals surface area contributed by atoms with Crippen LogP contribution in [0.15, 0.2) is 67.1 Å². The Morgan fingerprint density at radius 3 is 2.83 bits per heavy atom. The molecule has 6 heteroatoms. The normalized spacial score (nSPS) is 17.0. The topological polar surface area (TPSA) is 77.0 Å². The molecular weight excluding hydrogens is 362 g/mol. The van der Waals surface area contributed by atoms with Crippen molar-refractivity contribution in [2.24, 2.45) is 5.73 Å². The van der Waals surface area contributed by atoms with Gasteiger partial charge in [0.15, 0.2) is 0 Å². The molecule has 6 nitrogen and oxygen atoms in total. The summed E-state index contributed by atoms with van der Waals surface area (Å²) in [5.74, 6) is -0.00639. The van der Waals surface area contributed by atoms with Crippen molar-refractivity contribution in [3.8, 4) is 11.3 Å². The Balaban J connectivity index is 1.59. The maximum atomic E-state index is 12.6. The first-order chi connectivity index (χ1) is 14.2. The second-order valence-electron chi connectivity index (χ2n) is 7.38. The average Bonchev–Trinajstić information content (AvgIpc) is 3.16. The first kappa shape index (κ1) is 19.1. The van der Waals surface area contributed by atoms with Crippen molar-refractivity contribution in [1.29, 1.82) is 0 Å². The van der Waals surface area contributed by atoms with Gasteiger partial charge in [-0.1, -0.05) is 30.3 Å². The molecule has 1 saturated heterocycles. The number of nitrogens with two attached hydrogens (primary N) is 1. The van der Waals surface area contributed by atoms with E-state index < -0.39 is 0 Å². The van der Waals surface area contributed by atoms with E-state index in [9.17, 15) is 4.79 Å². The minimum absolute atomic E-state index is 0.00639. The molecule has 1 amide bonds. The van der Waals surface area contributed by atoms with Crippen molar-refractivity contribution in [2.75, 3.05) is 13.1 Å². The van der Waals surface area contributed by atoms with Gasteiger partial charge in [0.1, 0.15) is 5.69 Å². The van der Waals surface area contributed by atoms with Gasteiger partial charge in [-0.15, -0.1) is 0 Å². The van der Waals surface area contributed by atoms with Crippen LogP contribution in [0.25, 0.3) is 17.3 Å². The summed E-state index contributed by atoms with van der Waals surface area (Å²) >= 11 is 0. The van der Waals surface area contributed by atoms with Gasteiger partial charge in [0.25, 0.3) is 0 Å². The number of benzene rings is 1. The van der Waals surface area contributed by atoms with Gasteiger partial charge in [-0.3, -0.25) is 14.5 Å². The molecule has 1 atom stereocenters. The number of hydrogen-bond donors (Lipinski definition) is 1. The van der Waals surface area contributed by atoms with Gasteiger partial charge in [0, 0.05) is 54.9 Å². The number of hydrogen-bond acceptors (Lipinski definition) is 4. The summed E-state index contributed by atoms with van der Waals surface area (Å²) in [5, 5.41) is 4.76. The molecule has 0 aliphatic carbocycles.